The standard InChI is InChI=1S/C23H26N2O6/c1-23(2,21(26)27)31-19-13-7-16(8-14-19)5-4-6-20-24-25(22(28)30-20)15-17-9-11-18(29-3)12-10-17/h7-14H,4-6,15H2,1-3H3,(H,26,27). The first kappa shape index (κ1) is 22.1. The number of rotatable bonds is 10. The maximum atomic E-state index is 12.1. The van der Waals surface area contributed by atoms with E-state index in [1.165, 1.54) is 18.5 Å². The molecule has 0 atom stereocenters. The molecule has 3 aromatic rings. The lowest BCUT2D eigenvalue weighted by Crippen LogP contribution is -2.37. The second-order valence-corrected chi connectivity index (χ2v) is 7.68. The van der Waals surface area contributed by atoms with Crippen LogP contribution in [0, 0.1) is 0 Å². The van der Waals surface area contributed by atoms with Gasteiger partial charge in [0.15, 0.2) is 5.60 Å². The molecule has 0 amide bonds. The van der Waals surface area contributed by atoms with Crippen molar-refractivity contribution in [3.05, 3.63) is 76.1 Å². The molecule has 0 saturated carbocycles. The van der Waals surface area contributed by atoms with Gasteiger partial charge in [-0.25, -0.2) is 9.59 Å². The minimum Gasteiger partial charge on any atom is -0.497 e. The molecule has 0 unspecified atom stereocenters. The van der Waals surface area contributed by atoms with Crippen molar-refractivity contribution in [1.29, 1.82) is 0 Å². The van der Waals surface area contributed by atoms with Gasteiger partial charge in [-0.15, -0.1) is 5.10 Å². The molecule has 1 N–H and O–H groups in total. The van der Waals surface area contributed by atoms with Gasteiger partial charge in [-0.1, -0.05) is 24.3 Å². The van der Waals surface area contributed by atoms with Gasteiger partial charge < -0.3 is 19.0 Å². The van der Waals surface area contributed by atoms with E-state index in [0.29, 0.717) is 24.6 Å². The van der Waals surface area contributed by atoms with Crippen molar-refractivity contribution in [2.24, 2.45) is 0 Å². The normalized spacial score (nSPS) is 11.3. The molecule has 31 heavy (non-hydrogen) atoms. The lowest BCUT2D eigenvalue weighted by Gasteiger charge is -2.21. The summed E-state index contributed by atoms with van der Waals surface area (Å²) < 4.78 is 17.2. The van der Waals surface area contributed by atoms with Crippen LogP contribution in [0.15, 0.2) is 57.7 Å². The van der Waals surface area contributed by atoms with E-state index in [-0.39, 0.29) is 0 Å². The molecular formula is C23H26N2O6. The number of ether oxygens (including phenoxy) is 2. The van der Waals surface area contributed by atoms with Crippen molar-refractivity contribution < 1.29 is 23.8 Å². The second kappa shape index (κ2) is 9.51. The SMILES string of the molecule is COc1ccc(Cn2nc(CCCc3ccc(OC(C)(C)C(=O)O)cc3)oc2=O)cc1. The third-order valence-corrected chi connectivity index (χ3v) is 4.81. The van der Waals surface area contributed by atoms with Crippen LogP contribution in [0.4, 0.5) is 0 Å². The summed E-state index contributed by atoms with van der Waals surface area (Å²) in [5.41, 5.74) is 0.709. The van der Waals surface area contributed by atoms with Crippen LogP contribution >= 0.6 is 0 Å². The van der Waals surface area contributed by atoms with E-state index < -0.39 is 17.3 Å². The summed E-state index contributed by atoms with van der Waals surface area (Å²) in [7, 11) is 1.60. The Kier molecular flexibility index (Phi) is 6.79. The number of hydrogen-bond acceptors (Lipinski definition) is 6. The minimum atomic E-state index is -1.29. The number of benzene rings is 2. The van der Waals surface area contributed by atoms with Gasteiger partial charge in [0.2, 0.25) is 5.89 Å². The predicted molar refractivity (Wildman–Crippen MR) is 114 cm³/mol. The molecule has 0 aliphatic carbocycles. The Balaban J connectivity index is 1.52. The highest BCUT2D eigenvalue weighted by Gasteiger charge is 2.29. The molecular weight excluding hydrogens is 400 g/mol. The van der Waals surface area contributed by atoms with E-state index in [0.717, 1.165) is 29.7 Å². The number of aliphatic carboxylic acids is 1. The van der Waals surface area contributed by atoms with Crippen molar-refractivity contribution in [3.8, 4) is 11.5 Å². The Morgan fingerprint density at radius 3 is 2.26 bits per heavy atom. The number of nitrogens with zero attached hydrogens (tertiary/aromatic N) is 2. The Morgan fingerprint density at radius 1 is 1.03 bits per heavy atom. The molecule has 3 rings (SSSR count). The lowest BCUT2D eigenvalue weighted by molar-refractivity contribution is -0.152. The molecule has 8 nitrogen and oxygen atoms in total. The smallest absolute Gasteiger partial charge is 0.437 e. The van der Waals surface area contributed by atoms with Crippen LogP contribution in [0.5, 0.6) is 11.5 Å². The Morgan fingerprint density at radius 2 is 1.65 bits per heavy atom. The van der Waals surface area contributed by atoms with Crippen molar-refractivity contribution in [1.82, 2.24) is 9.78 Å². The first-order valence-electron chi connectivity index (χ1n) is 9.98. The van der Waals surface area contributed by atoms with E-state index in [1.807, 2.05) is 36.4 Å². The lowest BCUT2D eigenvalue weighted by atomic mass is 10.1. The fourth-order valence-electron chi connectivity index (χ4n) is 2.96. The second-order valence-electron chi connectivity index (χ2n) is 7.68. The summed E-state index contributed by atoms with van der Waals surface area (Å²) in [5, 5.41) is 13.4. The van der Waals surface area contributed by atoms with Crippen LogP contribution in [0.3, 0.4) is 0 Å². The largest absolute Gasteiger partial charge is 0.497 e. The number of methoxy groups -OCH3 is 1. The van der Waals surface area contributed by atoms with Gasteiger partial charge in [0.05, 0.1) is 13.7 Å². The summed E-state index contributed by atoms with van der Waals surface area (Å²) in [5.74, 6) is 0.154. The quantitative estimate of drug-likeness (QED) is 0.530. The van der Waals surface area contributed by atoms with Gasteiger partial charge >= 0.3 is 11.7 Å². The van der Waals surface area contributed by atoms with Gasteiger partial charge in [-0.05, 0) is 62.1 Å². The number of carboxylic acid groups (broad SMARTS) is 1. The zero-order valence-corrected chi connectivity index (χ0v) is 17.8. The Bertz CT molecular complexity index is 1060. The maximum absolute atomic E-state index is 12.1. The fraction of sp³-hybridized carbons (Fsp3) is 0.348. The summed E-state index contributed by atoms with van der Waals surface area (Å²) in [6.07, 6.45) is 2.05. The van der Waals surface area contributed by atoms with Crippen LogP contribution in [0.25, 0.3) is 0 Å². The molecule has 2 aromatic carbocycles. The third kappa shape index (κ3) is 5.97. The van der Waals surface area contributed by atoms with Crippen molar-refractivity contribution in [2.75, 3.05) is 7.11 Å². The number of aromatic nitrogens is 2. The average molecular weight is 426 g/mol. The van der Waals surface area contributed by atoms with Crippen molar-refractivity contribution in [3.63, 3.8) is 0 Å². The van der Waals surface area contributed by atoms with Gasteiger partial charge in [-0.2, -0.15) is 4.68 Å². The number of aryl methyl sites for hydroxylation is 2. The number of hydrogen-bond donors (Lipinski definition) is 1. The molecule has 8 heteroatoms. The fourth-order valence-corrected chi connectivity index (χ4v) is 2.96. The van der Waals surface area contributed by atoms with Crippen molar-refractivity contribution >= 4 is 5.97 Å². The summed E-state index contributed by atoms with van der Waals surface area (Å²) in [6.45, 7) is 3.34. The molecule has 0 spiro atoms. The van der Waals surface area contributed by atoms with Crippen LogP contribution in [-0.2, 0) is 24.2 Å². The number of carbonyl (C=O) groups is 1. The average Bonchev–Trinajstić information content (AvgIpc) is 3.08. The third-order valence-electron chi connectivity index (χ3n) is 4.81. The Labute approximate surface area is 180 Å². The van der Waals surface area contributed by atoms with E-state index in [1.54, 1.807) is 19.2 Å². The molecule has 0 saturated heterocycles. The van der Waals surface area contributed by atoms with Crippen LogP contribution in [0.2, 0.25) is 0 Å². The molecule has 0 bridgehead atoms. The molecule has 0 aliphatic heterocycles. The molecule has 1 heterocycles. The molecule has 0 radical (unpaired) electrons. The highest BCUT2D eigenvalue weighted by atomic mass is 16.5. The number of carboxylic acids is 1. The van der Waals surface area contributed by atoms with Gasteiger partial charge in [0.25, 0.3) is 0 Å². The van der Waals surface area contributed by atoms with Gasteiger partial charge in [0.1, 0.15) is 11.5 Å². The summed E-state index contributed by atoms with van der Waals surface area (Å²) in [6, 6.07) is 14.7. The maximum Gasteiger partial charge on any atom is 0.437 e. The highest BCUT2D eigenvalue weighted by molar-refractivity contribution is 5.76. The topological polar surface area (TPSA) is 104 Å². The van der Waals surface area contributed by atoms with E-state index >= 15 is 0 Å². The van der Waals surface area contributed by atoms with Crippen LogP contribution < -0.4 is 15.2 Å². The van der Waals surface area contributed by atoms with Crippen LogP contribution in [0.1, 0.15) is 37.3 Å². The van der Waals surface area contributed by atoms with E-state index in [2.05, 4.69) is 5.10 Å². The molecule has 1 aromatic heterocycles. The molecule has 0 aliphatic rings. The Hall–Kier alpha value is -3.55. The van der Waals surface area contributed by atoms with Gasteiger partial charge in [-0.3, -0.25) is 0 Å². The van der Waals surface area contributed by atoms with Crippen molar-refractivity contribution in [2.45, 2.75) is 45.3 Å². The summed E-state index contributed by atoms with van der Waals surface area (Å²) >= 11 is 0. The highest BCUT2D eigenvalue weighted by Crippen LogP contribution is 2.20. The molecule has 0 fully saturated rings. The zero-order valence-electron chi connectivity index (χ0n) is 17.8. The van der Waals surface area contributed by atoms with Crippen LogP contribution in [-0.4, -0.2) is 33.6 Å². The van der Waals surface area contributed by atoms with Gasteiger partial charge in [0, 0.05) is 6.42 Å². The predicted octanol–water partition coefficient (Wildman–Crippen LogP) is 3.31. The zero-order chi connectivity index (χ0) is 22.4. The first-order valence-corrected chi connectivity index (χ1v) is 9.98. The van der Waals surface area contributed by atoms with E-state index in [4.69, 9.17) is 19.0 Å². The van der Waals surface area contributed by atoms with E-state index in [9.17, 15) is 9.59 Å². The minimum absolute atomic E-state index is 0.334. The summed E-state index contributed by atoms with van der Waals surface area (Å²) in [4.78, 5) is 23.2. The monoisotopic (exact) mass is 426 g/mol. The first-order chi connectivity index (χ1) is 14.8. The molecule has 164 valence electrons.